The van der Waals surface area contributed by atoms with Gasteiger partial charge in [-0.15, -0.1) is 0 Å². The summed E-state index contributed by atoms with van der Waals surface area (Å²) in [5, 5.41) is 0. The van der Waals surface area contributed by atoms with E-state index < -0.39 is 24.4 Å². The van der Waals surface area contributed by atoms with Crippen LogP contribution in [0.25, 0.3) is 0 Å². The molecule has 30 heavy (non-hydrogen) atoms. The zero-order valence-electron chi connectivity index (χ0n) is 15.8. The van der Waals surface area contributed by atoms with Crippen molar-refractivity contribution in [3.63, 3.8) is 0 Å². The van der Waals surface area contributed by atoms with Gasteiger partial charge in [0, 0.05) is 16.7 Å². The Morgan fingerprint density at radius 3 is 1.80 bits per heavy atom. The van der Waals surface area contributed by atoms with Crippen molar-refractivity contribution in [1.82, 2.24) is 10.9 Å². The first-order valence-corrected chi connectivity index (χ1v) is 9.06. The minimum Gasteiger partial charge on any atom is -0.452 e. The Hall–Kier alpha value is -4.26. The van der Waals surface area contributed by atoms with Crippen LogP contribution in [0.2, 0.25) is 0 Å². The van der Waals surface area contributed by atoms with Crippen molar-refractivity contribution < 1.29 is 23.9 Å². The van der Waals surface area contributed by atoms with E-state index >= 15 is 0 Å². The maximum absolute atomic E-state index is 12.7. The van der Waals surface area contributed by atoms with Crippen molar-refractivity contribution in [3.8, 4) is 0 Å². The third-order valence-corrected chi connectivity index (χ3v) is 4.11. The molecule has 2 amide bonds. The van der Waals surface area contributed by atoms with E-state index in [1.54, 1.807) is 72.8 Å². The second-order valence-corrected chi connectivity index (χ2v) is 6.19. The first-order chi connectivity index (χ1) is 14.6. The molecule has 7 nitrogen and oxygen atoms in total. The van der Waals surface area contributed by atoms with Crippen LogP contribution >= 0.6 is 0 Å². The van der Waals surface area contributed by atoms with E-state index in [4.69, 9.17) is 4.74 Å². The van der Waals surface area contributed by atoms with Gasteiger partial charge in [0.1, 0.15) is 0 Å². The fraction of sp³-hybridized carbons (Fsp3) is 0.0435. The van der Waals surface area contributed by atoms with Crippen molar-refractivity contribution in [2.24, 2.45) is 0 Å². The smallest absolute Gasteiger partial charge is 0.339 e. The first-order valence-electron chi connectivity index (χ1n) is 9.06. The molecule has 0 atom stereocenters. The Morgan fingerprint density at radius 1 is 0.633 bits per heavy atom. The highest BCUT2D eigenvalue weighted by Gasteiger charge is 2.19. The highest BCUT2D eigenvalue weighted by molar-refractivity contribution is 6.14. The molecule has 150 valence electrons. The van der Waals surface area contributed by atoms with E-state index in [0.717, 1.165) is 0 Å². The van der Waals surface area contributed by atoms with Gasteiger partial charge in [0.05, 0.1) is 5.56 Å². The number of carbonyl (C=O) groups excluding carboxylic acids is 4. The van der Waals surface area contributed by atoms with Crippen molar-refractivity contribution in [2.45, 2.75) is 0 Å². The van der Waals surface area contributed by atoms with Gasteiger partial charge in [-0.1, -0.05) is 66.7 Å². The lowest BCUT2D eigenvalue weighted by molar-refractivity contribution is -0.125. The van der Waals surface area contributed by atoms with Crippen LogP contribution in [0.1, 0.15) is 36.6 Å². The third-order valence-electron chi connectivity index (χ3n) is 4.11. The molecule has 0 saturated heterocycles. The number of nitrogens with one attached hydrogen (secondary N) is 2. The summed E-state index contributed by atoms with van der Waals surface area (Å²) < 4.78 is 5.00. The van der Waals surface area contributed by atoms with E-state index in [1.165, 1.54) is 12.1 Å². The number of hydrogen-bond acceptors (Lipinski definition) is 5. The number of rotatable bonds is 6. The highest BCUT2D eigenvalue weighted by Crippen LogP contribution is 2.15. The number of hydrazine groups is 1. The molecule has 2 N–H and O–H groups in total. The molecule has 0 saturated carbocycles. The quantitative estimate of drug-likeness (QED) is 0.375. The standard InChI is InChI=1S/C23H18N2O5/c26-20(24-25-22(28)17-11-5-2-6-12-17)15-30-23(29)19-14-8-7-13-18(19)21(27)16-9-3-1-4-10-16/h1-14H,15H2,(H,24,26)(H,25,28). The fourth-order valence-corrected chi connectivity index (χ4v) is 2.64. The molecule has 3 aromatic rings. The van der Waals surface area contributed by atoms with E-state index in [9.17, 15) is 19.2 Å². The van der Waals surface area contributed by atoms with E-state index in [-0.39, 0.29) is 16.9 Å². The Balaban J connectivity index is 1.58. The maximum atomic E-state index is 12.7. The number of hydrogen-bond donors (Lipinski definition) is 2. The van der Waals surface area contributed by atoms with Crippen molar-refractivity contribution in [1.29, 1.82) is 0 Å². The van der Waals surface area contributed by atoms with Gasteiger partial charge in [-0.3, -0.25) is 25.2 Å². The molecule has 0 aliphatic rings. The summed E-state index contributed by atoms with van der Waals surface area (Å²) in [4.78, 5) is 48.9. The molecule has 0 spiro atoms. The Bertz CT molecular complexity index is 1070. The monoisotopic (exact) mass is 402 g/mol. The third kappa shape index (κ3) is 5.17. The van der Waals surface area contributed by atoms with Gasteiger partial charge in [-0.05, 0) is 18.2 Å². The van der Waals surface area contributed by atoms with Crippen LogP contribution < -0.4 is 10.9 Å². The minimum absolute atomic E-state index is 0.0486. The lowest BCUT2D eigenvalue weighted by Gasteiger charge is -2.10. The topological polar surface area (TPSA) is 102 Å². The molecule has 3 rings (SSSR count). The van der Waals surface area contributed by atoms with Gasteiger partial charge < -0.3 is 4.74 Å². The predicted molar refractivity (Wildman–Crippen MR) is 109 cm³/mol. The average Bonchev–Trinajstić information content (AvgIpc) is 2.81. The first kappa shape index (κ1) is 20.5. The van der Waals surface area contributed by atoms with Crippen molar-refractivity contribution >= 4 is 23.6 Å². The summed E-state index contributed by atoms with van der Waals surface area (Å²) in [5.74, 6) is -2.38. The van der Waals surface area contributed by atoms with Gasteiger partial charge >= 0.3 is 5.97 Å². The summed E-state index contributed by atoms with van der Waals surface area (Å²) in [5.41, 5.74) is 5.41. The molecule has 0 fully saturated rings. The summed E-state index contributed by atoms with van der Waals surface area (Å²) in [6, 6.07) is 23.0. The SMILES string of the molecule is O=C(COC(=O)c1ccccc1C(=O)c1ccccc1)NNC(=O)c1ccccc1. The van der Waals surface area contributed by atoms with Gasteiger partial charge in [-0.2, -0.15) is 0 Å². The lowest BCUT2D eigenvalue weighted by Crippen LogP contribution is -2.43. The van der Waals surface area contributed by atoms with Crippen LogP contribution in [0.3, 0.4) is 0 Å². The molecular formula is C23H18N2O5. The zero-order chi connectivity index (χ0) is 21.3. The Kier molecular flexibility index (Phi) is 6.68. The largest absolute Gasteiger partial charge is 0.452 e. The summed E-state index contributed by atoms with van der Waals surface area (Å²) in [6.07, 6.45) is 0. The van der Waals surface area contributed by atoms with Crippen LogP contribution in [0, 0.1) is 0 Å². The van der Waals surface area contributed by atoms with Crippen LogP contribution in [0.4, 0.5) is 0 Å². The number of ether oxygens (including phenoxy) is 1. The van der Waals surface area contributed by atoms with E-state index in [0.29, 0.717) is 11.1 Å². The summed E-state index contributed by atoms with van der Waals surface area (Å²) >= 11 is 0. The molecular weight excluding hydrogens is 384 g/mol. The van der Waals surface area contributed by atoms with Crippen molar-refractivity contribution in [2.75, 3.05) is 6.61 Å². The van der Waals surface area contributed by atoms with Crippen LogP contribution in [0.5, 0.6) is 0 Å². The number of esters is 1. The molecule has 0 heterocycles. The molecule has 0 aliphatic carbocycles. The summed E-state index contributed by atoms with van der Waals surface area (Å²) in [6.45, 7) is -0.623. The molecule has 0 bridgehead atoms. The number of ketones is 1. The molecule has 7 heteroatoms. The lowest BCUT2D eigenvalue weighted by atomic mass is 9.98. The summed E-state index contributed by atoms with van der Waals surface area (Å²) in [7, 11) is 0. The minimum atomic E-state index is -0.820. The van der Waals surface area contributed by atoms with E-state index in [2.05, 4.69) is 10.9 Å². The zero-order valence-corrected chi connectivity index (χ0v) is 15.8. The van der Waals surface area contributed by atoms with Gasteiger partial charge in [0.25, 0.3) is 11.8 Å². The van der Waals surface area contributed by atoms with Crippen molar-refractivity contribution in [3.05, 3.63) is 107 Å². The second-order valence-electron chi connectivity index (χ2n) is 6.19. The van der Waals surface area contributed by atoms with Crippen LogP contribution in [-0.4, -0.2) is 30.2 Å². The second kappa shape index (κ2) is 9.79. The van der Waals surface area contributed by atoms with Crippen LogP contribution in [0.15, 0.2) is 84.9 Å². The van der Waals surface area contributed by atoms with Gasteiger partial charge in [-0.25, -0.2) is 4.79 Å². The number of carbonyl (C=O) groups is 4. The fourth-order valence-electron chi connectivity index (χ4n) is 2.64. The number of benzene rings is 3. The highest BCUT2D eigenvalue weighted by atomic mass is 16.5. The molecule has 0 aliphatic heterocycles. The molecule has 0 radical (unpaired) electrons. The molecule has 3 aromatic carbocycles. The van der Waals surface area contributed by atoms with Gasteiger partial charge in [0.2, 0.25) is 0 Å². The Morgan fingerprint density at radius 2 is 1.17 bits per heavy atom. The Labute approximate surface area is 172 Å². The van der Waals surface area contributed by atoms with E-state index in [1.807, 2.05) is 0 Å². The normalized spacial score (nSPS) is 10.0. The average molecular weight is 402 g/mol. The molecule has 0 unspecified atom stereocenters. The number of amides is 2. The predicted octanol–water partition coefficient (Wildman–Crippen LogP) is 2.54. The van der Waals surface area contributed by atoms with Gasteiger partial charge in [0.15, 0.2) is 12.4 Å². The molecule has 0 aromatic heterocycles. The maximum Gasteiger partial charge on any atom is 0.339 e. The van der Waals surface area contributed by atoms with Crippen LogP contribution in [-0.2, 0) is 9.53 Å².